The minimum Gasteiger partial charge on any atom is -0.351 e. The number of carbonyl (C=O) groups is 1. The number of nitrogens with one attached hydrogen (secondary N) is 1. The average Bonchev–Trinajstić information content (AvgIpc) is 2.35. The number of halogens is 1. The summed E-state index contributed by atoms with van der Waals surface area (Å²) in [6, 6.07) is 9.31. The number of hydrogen-bond acceptors (Lipinski definition) is 2. The van der Waals surface area contributed by atoms with Gasteiger partial charge in [-0.3, -0.25) is 4.79 Å². The van der Waals surface area contributed by atoms with Gasteiger partial charge in [-0.05, 0) is 31.0 Å². The highest BCUT2D eigenvalue weighted by molar-refractivity contribution is 6.30. The summed E-state index contributed by atoms with van der Waals surface area (Å²) in [5.74, 6) is -0.248. The number of hydrogen-bond donors (Lipinski definition) is 1. The van der Waals surface area contributed by atoms with Crippen LogP contribution in [0, 0.1) is 16.7 Å². The van der Waals surface area contributed by atoms with Gasteiger partial charge in [-0.2, -0.15) is 5.26 Å². The molecule has 1 aromatic rings. The van der Waals surface area contributed by atoms with Gasteiger partial charge in [0.2, 0.25) is 5.91 Å². The van der Waals surface area contributed by atoms with Crippen molar-refractivity contribution < 1.29 is 4.79 Å². The first-order valence-corrected chi connectivity index (χ1v) is 5.83. The molecule has 1 amide bonds. The monoisotopic (exact) mass is 250 g/mol. The van der Waals surface area contributed by atoms with Crippen molar-refractivity contribution in [1.82, 2.24) is 5.32 Å². The molecule has 0 saturated heterocycles. The summed E-state index contributed by atoms with van der Waals surface area (Å²) in [6.07, 6.45) is 0.491. The second-order valence-electron chi connectivity index (χ2n) is 4.11. The summed E-state index contributed by atoms with van der Waals surface area (Å²) in [4.78, 5) is 11.8. The van der Waals surface area contributed by atoms with Crippen LogP contribution in [0.25, 0.3) is 0 Å². The maximum absolute atomic E-state index is 11.8. The normalized spacial score (nSPS) is 13.5. The quantitative estimate of drug-likeness (QED) is 0.893. The van der Waals surface area contributed by atoms with Gasteiger partial charge in [-0.15, -0.1) is 0 Å². The number of rotatable bonds is 4. The van der Waals surface area contributed by atoms with E-state index in [1.54, 1.807) is 19.1 Å². The Hall–Kier alpha value is -1.53. The van der Waals surface area contributed by atoms with E-state index in [1.165, 1.54) is 0 Å². The van der Waals surface area contributed by atoms with Crippen LogP contribution >= 0.6 is 11.6 Å². The van der Waals surface area contributed by atoms with Gasteiger partial charge in [0.1, 0.15) is 5.41 Å². The maximum Gasteiger partial charge on any atom is 0.240 e. The Kier molecular flexibility index (Phi) is 4.53. The van der Waals surface area contributed by atoms with Crippen LogP contribution in [0.1, 0.15) is 25.8 Å². The molecule has 0 bridgehead atoms. The van der Waals surface area contributed by atoms with Gasteiger partial charge >= 0.3 is 0 Å². The van der Waals surface area contributed by atoms with E-state index in [1.807, 2.05) is 25.1 Å². The highest BCUT2D eigenvalue weighted by Crippen LogP contribution is 2.20. The van der Waals surface area contributed by atoms with E-state index < -0.39 is 5.41 Å². The van der Waals surface area contributed by atoms with Crippen LogP contribution in [0.3, 0.4) is 0 Å². The average molecular weight is 251 g/mol. The highest BCUT2D eigenvalue weighted by atomic mass is 35.5. The molecule has 1 N–H and O–H groups in total. The number of benzene rings is 1. The molecular weight excluding hydrogens is 236 g/mol. The molecule has 0 aliphatic carbocycles. The van der Waals surface area contributed by atoms with E-state index in [4.69, 9.17) is 16.9 Å². The minimum absolute atomic E-state index is 0.248. The Labute approximate surface area is 106 Å². The largest absolute Gasteiger partial charge is 0.351 e. The van der Waals surface area contributed by atoms with Crippen molar-refractivity contribution >= 4 is 17.5 Å². The predicted molar refractivity (Wildman–Crippen MR) is 67.3 cm³/mol. The summed E-state index contributed by atoms with van der Waals surface area (Å²) < 4.78 is 0. The van der Waals surface area contributed by atoms with Crippen LogP contribution in [-0.2, 0) is 11.3 Å². The lowest BCUT2D eigenvalue weighted by Crippen LogP contribution is -2.37. The van der Waals surface area contributed by atoms with E-state index in [0.717, 1.165) is 5.56 Å². The van der Waals surface area contributed by atoms with Crippen molar-refractivity contribution in [3.05, 3.63) is 34.9 Å². The van der Waals surface area contributed by atoms with Crippen LogP contribution in [0.15, 0.2) is 24.3 Å². The molecule has 0 aromatic heterocycles. The first-order chi connectivity index (χ1) is 8.01. The third-order valence-electron chi connectivity index (χ3n) is 2.80. The van der Waals surface area contributed by atoms with Crippen molar-refractivity contribution in [2.45, 2.75) is 26.8 Å². The highest BCUT2D eigenvalue weighted by Gasteiger charge is 2.30. The molecule has 0 aliphatic rings. The van der Waals surface area contributed by atoms with Crippen molar-refractivity contribution in [2.75, 3.05) is 0 Å². The van der Waals surface area contributed by atoms with Gasteiger partial charge in [0, 0.05) is 11.6 Å². The van der Waals surface area contributed by atoms with Gasteiger partial charge in [-0.25, -0.2) is 0 Å². The predicted octanol–water partition coefficient (Wildman–Crippen LogP) is 2.90. The Morgan fingerprint density at radius 3 is 2.82 bits per heavy atom. The number of carbonyl (C=O) groups excluding carboxylic acids is 1. The molecule has 0 fully saturated rings. The Morgan fingerprint density at radius 1 is 1.59 bits per heavy atom. The summed E-state index contributed by atoms with van der Waals surface area (Å²) in [7, 11) is 0. The lowest BCUT2D eigenvalue weighted by atomic mass is 9.88. The molecule has 1 atom stereocenters. The zero-order valence-corrected chi connectivity index (χ0v) is 10.7. The first kappa shape index (κ1) is 13.5. The van der Waals surface area contributed by atoms with Crippen LogP contribution < -0.4 is 5.32 Å². The Balaban J connectivity index is 2.63. The topological polar surface area (TPSA) is 52.9 Å². The molecule has 0 radical (unpaired) electrons. The molecule has 1 aromatic carbocycles. The van der Waals surface area contributed by atoms with Crippen LogP contribution in [0.5, 0.6) is 0 Å². The Morgan fingerprint density at radius 2 is 2.29 bits per heavy atom. The van der Waals surface area contributed by atoms with Gasteiger partial charge in [0.25, 0.3) is 0 Å². The fourth-order valence-electron chi connectivity index (χ4n) is 1.31. The molecular formula is C13H15ClN2O. The number of nitriles is 1. The van der Waals surface area contributed by atoms with Crippen molar-refractivity contribution in [1.29, 1.82) is 5.26 Å². The zero-order chi connectivity index (χ0) is 12.9. The fraction of sp³-hybridized carbons (Fsp3) is 0.385. The third kappa shape index (κ3) is 3.47. The van der Waals surface area contributed by atoms with E-state index in [-0.39, 0.29) is 5.91 Å². The summed E-state index contributed by atoms with van der Waals surface area (Å²) in [5.41, 5.74) is -0.0410. The number of amides is 1. The van der Waals surface area contributed by atoms with E-state index >= 15 is 0 Å². The molecule has 0 aliphatic heterocycles. The summed E-state index contributed by atoms with van der Waals surface area (Å²) in [5, 5.41) is 12.3. The fourth-order valence-corrected chi connectivity index (χ4v) is 1.53. The second kappa shape index (κ2) is 5.70. The van der Waals surface area contributed by atoms with Crippen molar-refractivity contribution in [2.24, 2.45) is 5.41 Å². The molecule has 1 unspecified atom stereocenters. The minimum atomic E-state index is -0.960. The molecule has 90 valence electrons. The molecule has 0 spiro atoms. The lowest BCUT2D eigenvalue weighted by Gasteiger charge is -2.18. The van der Waals surface area contributed by atoms with E-state index in [0.29, 0.717) is 18.0 Å². The van der Waals surface area contributed by atoms with Gasteiger partial charge in [0.05, 0.1) is 6.07 Å². The van der Waals surface area contributed by atoms with Crippen LogP contribution in [0.4, 0.5) is 0 Å². The molecule has 1 rings (SSSR count). The van der Waals surface area contributed by atoms with Crippen molar-refractivity contribution in [3.8, 4) is 6.07 Å². The standard InChI is InChI=1S/C13H15ClN2O/c1-3-13(2,9-15)12(17)16-8-10-5-4-6-11(14)7-10/h4-7H,3,8H2,1-2H3,(H,16,17). The smallest absolute Gasteiger partial charge is 0.240 e. The van der Waals surface area contributed by atoms with Crippen molar-refractivity contribution in [3.63, 3.8) is 0 Å². The molecule has 0 saturated carbocycles. The van der Waals surface area contributed by atoms with E-state index in [9.17, 15) is 4.79 Å². The van der Waals surface area contributed by atoms with Gasteiger partial charge in [-0.1, -0.05) is 30.7 Å². The van der Waals surface area contributed by atoms with E-state index in [2.05, 4.69) is 5.32 Å². The lowest BCUT2D eigenvalue weighted by molar-refractivity contribution is -0.127. The summed E-state index contributed by atoms with van der Waals surface area (Å²) >= 11 is 5.84. The van der Waals surface area contributed by atoms with Gasteiger partial charge in [0.15, 0.2) is 0 Å². The molecule has 3 nitrogen and oxygen atoms in total. The number of nitrogens with zero attached hydrogens (tertiary/aromatic N) is 1. The van der Waals surface area contributed by atoms with Crippen LogP contribution in [0.2, 0.25) is 5.02 Å². The maximum atomic E-state index is 11.8. The summed E-state index contributed by atoms with van der Waals surface area (Å²) in [6.45, 7) is 3.85. The Bertz CT molecular complexity index is 453. The zero-order valence-electron chi connectivity index (χ0n) is 9.96. The second-order valence-corrected chi connectivity index (χ2v) is 4.55. The third-order valence-corrected chi connectivity index (χ3v) is 3.03. The molecule has 0 heterocycles. The molecule has 4 heteroatoms. The van der Waals surface area contributed by atoms with Gasteiger partial charge < -0.3 is 5.32 Å². The SMILES string of the molecule is CCC(C)(C#N)C(=O)NCc1cccc(Cl)c1. The first-order valence-electron chi connectivity index (χ1n) is 5.46. The van der Waals surface area contributed by atoms with Crippen LogP contribution in [-0.4, -0.2) is 5.91 Å². The molecule has 17 heavy (non-hydrogen) atoms.